The third-order valence-corrected chi connectivity index (χ3v) is 7.16. The predicted molar refractivity (Wildman–Crippen MR) is 100 cm³/mol. The Morgan fingerprint density at radius 3 is 2.24 bits per heavy atom. The summed E-state index contributed by atoms with van der Waals surface area (Å²) in [7, 11) is 0. The van der Waals surface area contributed by atoms with Crippen LogP contribution in [0.1, 0.15) is 64.0 Å². The van der Waals surface area contributed by atoms with E-state index in [9.17, 15) is 4.79 Å². The highest BCUT2D eigenvalue weighted by Gasteiger charge is 2.51. The minimum atomic E-state index is -0.0979. The summed E-state index contributed by atoms with van der Waals surface area (Å²) < 4.78 is 0. The van der Waals surface area contributed by atoms with Crippen molar-refractivity contribution in [3.63, 3.8) is 0 Å². The molecule has 4 heteroatoms. The number of benzene rings is 1. The molecule has 3 N–H and O–H groups in total. The molecule has 1 aromatic carbocycles. The van der Waals surface area contributed by atoms with Crippen LogP contribution in [0, 0.1) is 17.8 Å². The monoisotopic (exact) mass is 361 g/mol. The van der Waals surface area contributed by atoms with Crippen LogP contribution in [0.3, 0.4) is 0 Å². The maximum atomic E-state index is 12.9. The third kappa shape index (κ3) is 3.46. The minimum Gasteiger partial charge on any atom is -0.345 e. The highest BCUT2D eigenvalue weighted by Crippen LogP contribution is 2.55. The van der Waals surface area contributed by atoms with Gasteiger partial charge in [0.05, 0.1) is 0 Å². The molecule has 0 aliphatic heterocycles. The van der Waals surface area contributed by atoms with E-state index in [1.54, 1.807) is 0 Å². The van der Waals surface area contributed by atoms with Crippen LogP contribution in [0.5, 0.6) is 0 Å². The topological polar surface area (TPSA) is 45.7 Å². The zero-order valence-corrected chi connectivity index (χ0v) is 16.1. The second-order valence-electron chi connectivity index (χ2n) is 8.98. The Balaban J connectivity index is 1.39. The average molecular weight is 362 g/mol. The van der Waals surface area contributed by atoms with Gasteiger partial charge in [0, 0.05) is 16.1 Å². The number of nitrogens with one attached hydrogen (secondary N) is 1. The van der Waals surface area contributed by atoms with E-state index < -0.39 is 0 Å². The molecule has 0 saturated heterocycles. The number of hydrogen-bond acceptors (Lipinski definition) is 1. The third-order valence-electron chi connectivity index (χ3n) is 6.81. The van der Waals surface area contributed by atoms with Gasteiger partial charge in [-0.15, -0.1) is 0 Å². The zero-order valence-electron chi connectivity index (χ0n) is 15.3. The molecule has 1 aromatic rings. The Hall–Kier alpha value is -1.06. The summed E-state index contributed by atoms with van der Waals surface area (Å²) in [5.41, 5.74) is 1.19. The molecule has 0 unspecified atom stereocenters. The predicted octanol–water partition coefficient (Wildman–Crippen LogP) is 3.44. The first-order valence-corrected chi connectivity index (χ1v) is 10.2. The fourth-order valence-electron chi connectivity index (χ4n) is 6.11. The second-order valence-corrected chi connectivity index (χ2v) is 9.39. The summed E-state index contributed by atoms with van der Waals surface area (Å²) in [5, 5.41) is 6.41. The molecule has 1 amide bonds. The van der Waals surface area contributed by atoms with Crippen LogP contribution in [-0.4, -0.2) is 17.5 Å². The van der Waals surface area contributed by atoms with Crippen LogP contribution in [0.25, 0.3) is 0 Å². The molecule has 4 saturated carbocycles. The van der Waals surface area contributed by atoms with E-state index in [0.717, 1.165) is 28.3 Å². The Morgan fingerprint density at radius 1 is 1.12 bits per heavy atom. The van der Waals surface area contributed by atoms with Crippen LogP contribution in [0.4, 0.5) is 0 Å². The second kappa shape index (κ2) is 6.59. The number of amides is 1. The van der Waals surface area contributed by atoms with E-state index in [1.165, 1.54) is 38.5 Å². The highest BCUT2D eigenvalue weighted by molar-refractivity contribution is 6.31. The Bertz CT molecular complexity index is 624. The van der Waals surface area contributed by atoms with Gasteiger partial charge in [0.15, 0.2) is 6.04 Å². The summed E-state index contributed by atoms with van der Waals surface area (Å²) >= 11 is 6.31. The maximum Gasteiger partial charge on any atom is 0.278 e. The van der Waals surface area contributed by atoms with Crippen molar-refractivity contribution in [1.82, 2.24) is 5.32 Å². The molecule has 5 rings (SSSR count). The van der Waals surface area contributed by atoms with Gasteiger partial charge < -0.3 is 10.6 Å². The number of quaternary nitrogens is 1. The Morgan fingerprint density at radius 2 is 1.68 bits per heavy atom. The quantitative estimate of drug-likeness (QED) is 0.829. The van der Waals surface area contributed by atoms with Crippen molar-refractivity contribution in [3.8, 4) is 0 Å². The first-order chi connectivity index (χ1) is 11.9. The van der Waals surface area contributed by atoms with Crippen molar-refractivity contribution in [2.24, 2.45) is 17.8 Å². The molecule has 4 aliphatic carbocycles. The number of rotatable bonds is 5. The molecule has 25 heavy (non-hydrogen) atoms. The van der Waals surface area contributed by atoms with Gasteiger partial charge in [-0.25, -0.2) is 0 Å². The highest BCUT2D eigenvalue weighted by atomic mass is 35.5. The Kier molecular flexibility index (Phi) is 4.57. The number of carbonyl (C=O) groups is 1. The van der Waals surface area contributed by atoms with Crippen LogP contribution < -0.4 is 10.6 Å². The van der Waals surface area contributed by atoms with Gasteiger partial charge in [0.25, 0.3) is 5.91 Å². The molecule has 0 aromatic heterocycles. The standard InChI is InChI=1S/C21H29ClN2O/c1-13(18-5-3-4-6-19(18)22)23-14(2)20(25)24-21-10-15-7-16(11-21)9-17(8-15)12-21/h3-6,13-17,23H,7-12H2,1-2H3,(H,24,25)/p+1/t13-,14-,15?,16?,17?,21?/m1/s1. The lowest BCUT2D eigenvalue weighted by Gasteiger charge is -2.57. The van der Waals surface area contributed by atoms with Gasteiger partial charge in [0.1, 0.15) is 6.04 Å². The molecular formula is C21H30ClN2O+. The van der Waals surface area contributed by atoms with Crippen molar-refractivity contribution in [3.05, 3.63) is 34.9 Å². The van der Waals surface area contributed by atoms with E-state index in [0.29, 0.717) is 0 Å². The fraction of sp³-hybridized carbons (Fsp3) is 0.667. The van der Waals surface area contributed by atoms with E-state index in [1.807, 2.05) is 31.2 Å². The maximum absolute atomic E-state index is 12.9. The molecule has 3 nitrogen and oxygen atoms in total. The first-order valence-electron chi connectivity index (χ1n) is 9.85. The van der Waals surface area contributed by atoms with Gasteiger partial charge >= 0.3 is 0 Å². The summed E-state index contributed by atoms with van der Waals surface area (Å²) in [6.07, 6.45) is 7.83. The van der Waals surface area contributed by atoms with Crippen LogP contribution in [-0.2, 0) is 4.79 Å². The molecule has 136 valence electrons. The van der Waals surface area contributed by atoms with E-state index >= 15 is 0 Å². The van der Waals surface area contributed by atoms with Gasteiger partial charge in [-0.3, -0.25) is 4.79 Å². The van der Waals surface area contributed by atoms with E-state index in [4.69, 9.17) is 11.6 Å². The number of halogens is 1. The lowest BCUT2D eigenvalue weighted by Crippen LogP contribution is -2.92. The molecule has 0 radical (unpaired) electrons. The van der Waals surface area contributed by atoms with E-state index in [2.05, 4.69) is 17.6 Å². The van der Waals surface area contributed by atoms with E-state index in [-0.39, 0.29) is 23.5 Å². The molecule has 4 fully saturated rings. The summed E-state index contributed by atoms with van der Waals surface area (Å²) in [5.74, 6) is 2.76. The number of hydrogen-bond donors (Lipinski definition) is 2. The SMILES string of the molecule is C[C@@H]([NH2+][C@H](C)c1ccccc1Cl)C(=O)NC12CC3CC(CC(C3)C1)C2. The van der Waals surface area contributed by atoms with Crippen LogP contribution in [0.2, 0.25) is 5.02 Å². The normalized spacial score (nSPS) is 35.4. The van der Waals surface area contributed by atoms with Gasteiger partial charge in [-0.05, 0) is 76.2 Å². The van der Waals surface area contributed by atoms with Gasteiger partial charge in [-0.2, -0.15) is 0 Å². The summed E-state index contributed by atoms with van der Waals surface area (Å²) in [6.45, 7) is 4.14. The average Bonchev–Trinajstić information content (AvgIpc) is 2.53. The first kappa shape index (κ1) is 17.4. The Labute approximate surface area is 155 Å². The molecular weight excluding hydrogens is 332 g/mol. The lowest BCUT2D eigenvalue weighted by molar-refractivity contribution is -0.710. The van der Waals surface area contributed by atoms with Crippen LogP contribution >= 0.6 is 11.6 Å². The molecule has 4 aliphatic rings. The van der Waals surface area contributed by atoms with Crippen LogP contribution in [0.15, 0.2) is 24.3 Å². The molecule has 4 bridgehead atoms. The molecule has 0 heterocycles. The number of carbonyl (C=O) groups excluding carboxylic acids is 1. The van der Waals surface area contributed by atoms with Gasteiger partial charge in [0.2, 0.25) is 0 Å². The lowest BCUT2D eigenvalue weighted by atomic mass is 9.53. The van der Waals surface area contributed by atoms with Crippen molar-refractivity contribution < 1.29 is 10.1 Å². The smallest absolute Gasteiger partial charge is 0.278 e. The molecule has 2 atom stereocenters. The van der Waals surface area contributed by atoms with Crippen molar-refractivity contribution >= 4 is 17.5 Å². The number of nitrogens with two attached hydrogens (primary N) is 1. The van der Waals surface area contributed by atoms with Crippen molar-refractivity contribution in [2.45, 2.75) is 70.0 Å². The zero-order chi connectivity index (χ0) is 17.6. The minimum absolute atomic E-state index is 0.0979. The fourth-order valence-corrected chi connectivity index (χ4v) is 6.42. The van der Waals surface area contributed by atoms with Gasteiger partial charge in [-0.1, -0.05) is 29.8 Å². The van der Waals surface area contributed by atoms with Crippen molar-refractivity contribution in [1.29, 1.82) is 0 Å². The van der Waals surface area contributed by atoms with Crippen molar-refractivity contribution in [2.75, 3.05) is 0 Å². The summed E-state index contributed by atoms with van der Waals surface area (Å²) in [4.78, 5) is 12.9. The largest absolute Gasteiger partial charge is 0.345 e. The summed E-state index contributed by atoms with van der Waals surface area (Å²) in [6, 6.07) is 7.99. The molecule has 0 spiro atoms.